The number of hydrogen-bond donors (Lipinski definition) is 1. The van der Waals surface area contributed by atoms with E-state index in [0.717, 1.165) is 32.1 Å². The van der Waals surface area contributed by atoms with Crippen LogP contribution in [0.15, 0.2) is 17.5 Å². The third-order valence-corrected chi connectivity index (χ3v) is 4.21. The van der Waals surface area contributed by atoms with Crippen molar-refractivity contribution in [1.29, 1.82) is 0 Å². The van der Waals surface area contributed by atoms with E-state index in [9.17, 15) is 4.79 Å². The van der Waals surface area contributed by atoms with E-state index in [-0.39, 0.29) is 17.9 Å². The molecule has 0 radical (unpaired) electrons. The predicted molar refractivity (Wildman–Crippen MR) is 68.9 cm³/mol. The smallest absolute Gasteiger partial charge is 0.308 e. The molecular formula is C13H19NO2S. The zero-order chi connectivity index (χ0) is 12.1. The lowest BCUT2D eigenvalue weighted by molar-refractivity contribution is -0.149. The van der Waals surface area contributed by atoms with Crippen LogP contribution in [0.5, 0.6) is 0 Å². The van der Waals surface area contributed by atoms with Crippen molar-refractivity contribution in [3.63, 3.8) is 0 Å². The van der Waals surface area contributed by atoms with Crippen LogP contribution in [-0.4, -0.2) is 18.6 Å². The Balaban J connectivity index is 1.67. The normalized spacial score (nSPS) is 24.5. The van der Waals surface area contributed by atoms with Gasteiger partial charge in [0.25, 0.3) is 0 Å². The van der Waals surface area contributed by atoms with E-state index in [4.69, 9.17) is 10.5 Å². The van der Waals surface area contributed by atoms with Gasteiger partial charge < -0.3 is 10.5 Å². The molecule has 1 aromatic rings. The van der Waals surface area contributed by atoms with Gasteiger partial charge in [-0.25, -0.2) is 0 Å². The zero-order valence-electron chi connectivity index (χ0n) is 9.93. The molecule has 3 nitrogen and oxygen atoms in total. The first-order valence-corrected chi connectivity index (χ1v) is 7.08. The fraction of sp³-hybridized carbons (Fsp3) is 0.615. The summed E-state index contributed by atoms with van der Waals surface area (Å²) in [5.41, 5.74) is 5.81. The van der Waals surface area contributed by atoms with Crippen LogP contribution in [0, 0.1) is 5.92 Å². The van der Waals surface area contributed by atoms with E-state index in [1.807, 2.05) is 11.4 Å². The Labute approximate surface area is 106 Å². The maximum atomic E-state index is 11.8. The fourth-order valence-corrected chi connectivity index (χ4v) is 2.87. The molecule has 0 unspecified atom stereocenters. The molecule has 1 aromatic heterocycles. The highest BCUT2D eigenvalue weighted by Gasteiger charge is 2.25. The topological polar surface area (TPSA) is 52.3 Å². The van der Waals surface area contributed by atoms with Gasteiger partial charge in [-0.1, -0.05) is 6.07 Å². The number of carbonyl (C=O) groups excluding carboxylic acids is 1. The van der Waals surface area contributed by atoms with Crippen molar-refractivity contribution in [3.05, 3.63) is 22.4 Å². The zero-order valence-corrected chi connectivity index (χ0v) is 10.7. The number of carbonyl (C=O) groups is 1. The van der Waals surface area contributed by atoms with E-state index in [2.05, 4.69) is 6.07 Å². The molecule has 1 heterocycles. The van der Waals surface area contributed by atoms with E-state index in [0.29, 0.717) is 6.61 Å². The fourth-order valence-electron chi connectivity index (χ4n) is 2.18. The highest BCUT2D eigenvalue weighted by atomic mass is 32.1. The molecule has 0 atom stereocenters. The minimum Gasteiger partial charge on any atom is -0.465 e. The highest BCUT2D eigenvalue weighted by molar-refractivity contribution is 7.09. The van der Waals surface area contributed by atoms with Crippen LogP contribution in [0.4, 0.5) is 0 Å². The lowest BCUT2D eigenvalue weighted by atomic mass is 9.86. The number of ether oxygens (including phenoxy) is 1. The molecular weight excluding hydrogens is 234 g/mol. The van der Waals surface area contributed by atoms with Crippen molar-refractivity contribution in [2.24, 2.45) is 11.7 Å². The van der Waals surface area contributed by atoms with Crippen LogP contribution in [0.1, 0.15) is 30.6 Å². The second-order valence-electron chi connectivity index (χ2n) is 4.61. The molecule has 0 aliphatic heterocycles. The maximum Gasteiger partial charge on any atom is 0.308 e. The van der Waals surface area contributed by atoms with E-state index >= 15 is 0 Å². The van der Waals surface area contributed by atoms with Gasteiger partial charge in [-0.15, -0.1) is 11.3 Å². The SMILES string of the molecule is NC1CCC(C(=O)OCCc2cccs2)CC1. The highest BCUT2D eigenvalue weighted by Crippen LogP contribution is 2.24. The van der Waals surface area contributed by atoms with Crippen molar-refractivity contribution in [1.82, 2.24) is 0 Å². The summed E-state index contributed by atoms with van der Waals surface area (Å²) < 4.78 is 5.32. The van der Waals surface area contributed by atoms with Gasteiger partial charge in [0.1, 0.15) is 0 Å². The largest absolute Gasteiger partial charge is 0.465 e. The second-order valence-corrected chi connectivity index (χ2v) is 5.64. The van der Waals surface area contributed by atoms with Gasteiger partial charge >= 0.3 is 5.97 Å². The lowest BCUT2D eigenvalue weighted by Crippen LogP contribution is -2.30. The van der Waals surface area contributed by atoms with Gasteiger partial charge in [0.05, 0.1) is 12.5 Å². The number of nitrogens with two attached hydrogens (primary N) is 1. The minimum atomic E-state index is -0.0338. The first kappa shape index (κ1) is 12.6. The van der Waals surface area contributed by atoms with Gasteiger partial charge in [-0.05, 0) is 37.1 Å². The van der Waals surface area contributed by atoms with Crippen molar-refractivity contribution in [2.75, 3.05) is 6.61 Å². The van der Waals surface area contributed by atoms with E-state index in [1.54, 1.807) is 11.3 Å². The van der Waals surface area contributed by atoms with Crippen LogP contribution in [0.25, 0.3) is 0 Å². The molecule has 0 bridgehead atoms. The van der Waals surface area contributed by atoms with Gasteiger partial charge in [-0.2, -0.15) is 0 Å². The number of rotatable bonds is 4. The van der Waals surface area contributed by atoms with E-state index < -0.39 is 0 Å². The van der Waals surface area contributed by atoms with Gasteiger partial charge in [0, 0.05) is 17.3 Å². The molecule has 94 valence electrons. The molecule has 1 fully saturated rings. The Kier molecular flexibility index (Phi) is 4.57. The summed E-state index contributed by atoms with van der Waals surface area (Å²) in [6.45, 7) is 0.502. The van der Waals surface area contributed by atoms with Crippen LogP contribution in [0.3, 0.4) is 0 Å². The molecule has 1 saturated carbocycles. The average Bonchev–Trinajstić information content (AvgIpc) is 2.83. The van der Waals surface area contributed by atoms with Gasteiger partial charge in [0.15, 0.2) is 0 Å². The van der Waals surface area contributed by atoms with Crippen LogP contribution < -0.4 is 5.73 Å². The van der Waals surface area contributed by atoms with Crippen molar-refractivity contribution >= 4 is 17.3 Å². The van der Waals surface area contributed by atoms with Gasteiger partial charge in [-0.3, -0.25) is 4.79 Å². The summed E-state index contributed by atoms with van der Waals surface area (Å²) in [6, 6.07) is 4.37. The van der Waals surface area contributed by atoms with Crippen LogP contribution >= 0.6 is 11.3 Å². The van der Waals surface area contributed by atoms with Crippen molar-refractivity contribution < 1.29 is 9.53 Å². The molecule has 0 amide bonds. The number of thiophene rings is 1. The lowest BCUT2D eigenvalue weighted by Gasteiger charge is -2.24. The summed E-state index contributed by atoms with van der Waals surface area (Å²) in [6.07, 6.45) is 4.50. The number of esters is 1. The Morgan fingerprint density at radius 3 is 2.82 bits per heavy atom. The monoisotopic (exact) mass is 253 g/mol. The van der Waals surface area contributed by atoms with E-state index in [1.165, 1.54) is 4.88 Å². The molecule has 1 aliphatic rings. The van der Waals surface area contributed by atoms with Gasteiger partial charge in [0.2, 0.25) is 0 Å². The van der Waals surface area contributed by atoms with Crippen molar-refractivity contribution in [2.45, 2.75) is 38.1 Å². The Bertz CT molecular complexity index is 342. The summed E-state index contributed by atoms with van der Waals surface area (Å²) in [5, 5.41) is 2.04. The molecule has 0 spiro atoms. The third-order valence-electron chi connectivity index (χ3n) is 3.28. The first-order valence-electron chi connectivity index (χ1n) is 6.20. The van der Waals surface area contributed by atoms with Crippen LogP contribution in [0.2, 0.25) is 0 Å². The Morgan fingerprint density at radius 1 is 1.41 bits per heavy atom. The summed E-state index contributed by atoms with van der Waals surface area (Å²) in [4.78, 5) is 13.0. The molecule has 1 aliphatic carbocycles. The second kappa shape index (κ2) is 6.17. The van der Waals surface area contributed by atoms with Crippen LogP contribution in [-0.2, 0) is 16.0 Å². The third kappa shape index (κ3) is 3.82. The molecule has 17 heavy (non-hydrogen) atoms. The molecule has 2 N–H and O–H groups in total. The number of hydrogen-bond acceptors (Lipinski definition) is 4. The summed E-state index contributed by atoms with van der Waals surface area (Å²) in [5.74, 6) is 0.0478. The molecule has 2 rings (SSSR count). The minimum absolute atomic E-state index is 0.0338. The first-order chi connectivity index (χ1) is 8.25. The predicted octanol–water partition coefficient (Wildman–Crippen LogP) is 2.35. The quantitative estimate of drug-likeness (QED) is 0.838. The van der Waals surface area contributed by atoms with Crippen molar-refractivity contribution in [3.8, 4) is 0 Å². The molecule has 4 heteroatoms. The molecule has 0 aromatic carbocycles. The summed E-state index contributed by atoms with van der Waals surface area (Å²) in [7, 11) is 0. The molecule has 0 saturated heterocycles. The average molecular weight is 253 g/mol. The Morgan fingerprint density at radius 2 is 2.18 bits per heavy atom. The Hall–Kier alpha value is -0.870. The maximum absolute atomic E-state index is 11.8. The standard InChI is InChI=1S/C13H19NO2S/c14-11-5-3-10(4-6-11)13(15)16-8-7-12-2-1-9-17-12/h1-2,9-11H,3-8,14H2. The summed E-state index contributed by atoms with van der Waals surface area (Å²) >= 11 is 1.70.